The van der Waals surface area contributed by atoms with Crippen molar-refractivity contribution in [2.45, 2.75) is 33.4 Å². The third kappa shape index (κ3) is 4.93. The van der Waals surface area contributed by atoms with Gasteiger partial charge in [-0.25, -0.2) is 14.4 Å². The maximum absolute atomic E-state index is 12.9. The molecule has 0 spiro atoms. The van der Waals surface area contributed by atoms with E-state index in [-0.39, 0.29) is 18.3 Å². The highest BCUT2D eigenvalue weighted by molar-refractivity contribution is 6.06. The third-order valence-corrected chi connectivity index (χ3v) is 5.52. The van der Waals surface area contributed by atoms with Crippen LogP contribution >= 0.6 is 0 Å². The molecule has 0 unspecified atom stereocenters. The first kappa shape index (κ1) is 23.0. The highest BCUT2D eigenvalue weighted by Crippen LogP contribution is 2.30. The Morgan fingerprint density at radius 1 is 0.971 bits per heavy atom. The summed E-state index contributed by atoms with van der Waals surface area (Å²) in [5.41, 5.74) is 1.48. The summed E-state index contributed by atoms with van der Waals surface area (Å²) in [6, 6.07) is 18.7. The molecule has 0 aliphatic rings. The minimum atomic E-state index is -0.928. The molecule has 1 heterocycles. The van der Waals surface area contributed by atoms with E-state index in [1.807, 2.05) is 49.4 Å². The van der Waals surface area contributed by atoms with E-state index in [1.54, 1.807) is 32.0 Å². The van der Waals surface area contributed by atoms with E-state index in [1.165, 1.54) is 6.07 Å². The van der Waals surface area contributed by atoms with E-state index in [0.29, 0.717) is 11.0 Å². The summed E-state index contributed by atoms with van der Waals surface area (Å²) in [6.45, 7) is 5.52. The van der Waals surface area contributed by atoms with Gasteiger partial charge in [0.2, 0.25) is 0 Å². The molecule has 0 bridgehead atoms. The van der Waals surface area contributed by atoms with E-state index >= 15 is 0 Å². The number of fused-ring (bicyclic) bond motifs is 3. The third-order valence-electron chi connectivity index (χ3n) is 5.52. The van der Waals surface area contributed by atoms with Gasteiger partial charge >= 0.3 is 17.7 Å². The molecule has 34 heavy (non-hydrogen) atoms. The Labute approximate surface area is 196 Å². The van der Waals surface area contributed by atoms with Crippen molar-refractivity contribution < 1.29 is 23.5 Å². The number of amides is 1. The largest absolute Gasteiger partial charge is 0.445 e. The molecular formula is C27H25NO6. The van der Waals surface area contributed by atoms with Crippen molar-refractivity contribution in [1.29, 1.82) is 0 Å². The lowest BCUT2D eigenvalue weighted by Crippen LogP contribution is -2.46. The lowest BCUT2D eigenvalue weighted by atomic mass is 10.0. The number of rotatable bonds is 6. The van der Waals surface area contributed by atoms with Crippen LogP contribution in [0.2, 0.25) is 0 Å². The second-order valence-corrected chi connectivity index (χ2v) is 8.40. The number of alkyl carbamates (subject to hydrolysis) is 1. The molecule has 1 aromatic heterocycles. The number of hydrogen-bond donors (Lipinski definition) is 1. The molecule has 4 aromatic rings. The molecule has 1 atom stereocenters. The van der Waals surface area contributed by atoms with Gasteiger partial charge in [0, 0.05) is 16.8 Å². The van der Waals surface area contributed by atoms with Crippen molar-refractivity contribution in [3.63, 3.8) is 0 Å². The average Bonchev–Trinajstić information content (AvgIpc) is 2.81. The molecule has 0 radical (unpaired) electrons. The van der Waals surface area contributed by atoms with Crippen molar-refractivity contribution in [2.24, 2.45) is 5.92 Å². The van der Waals surface area contributed by atoms with Crippen molar-refractivity contribution in [1.82, 2.24) is 5.32 Å². The molecule has 0 fully saturated rings. The normalized spacial score (nSPS) is 12.0. The van der Waals surface area contributed by atoms with Crippen molar-refractivity contribution in [3.05, 3.63) is 88.3 Å². The number of esters is 1. The zero-order valence-corrected chi connectivity index (χ0v) is 19.2. The number of carbonyl (C=O) groups is 2. The first-order chi connectivity index (χ1) is 16.3. The molecule has 0 saturated carbocycles. The molecule has 1 amide bonds. The molecular weight excluding hydrogens is 434 g/mol. The van der Waals surface area contributed by atoms with E-state index in [9.17, 15) is 14.4 Å². The van der Waals surface area contributed by atoms with Crippen LogP contribution in [0.5, 0.6) is 5.75 Å². The van der Waals surface area contributed by atoms with Crippen LogP contribution in [-0.2, 0) is 16.1 Å². The van der Waals surface area contributed by atoms with Crippen LogP contribution < -0.4 is 15.7 Å². The van der Waals surface area contributed by atoms with E-state index in [4.69, 9.17) is 13.9 Å². The summed E-state index contributed by atoms with van der Waals surface area (Å²) < 4.78 is 16.3. The predicted molar refractivity (Wildman–Crippen MR) is 129 cm³/mol. The topological polar surface area (TPSA) is 94.8 Å². The Morgan fingerprint density at radius 3 is 2.35 bits per heavy atom. The Bertz CT molecular complexity index is 1410. The minimum Gasteiger partial charge on any atom is -0.445 e. The van der Waals surface area contributed by atoms with Crippen LogP contribution in [0.1, 0.15) is 25.0 Å². The van der Waals surface area contributed by atoms with Crippen LogP contribution in [0.3, 0.4) is 0 Å². The SMILES string of the molecule is Cc1cc(OC(=O)[C@H](NC(=O)OCc2ccccc2)C(C)C)cc2oc(=O)c3ccccc3c12. The number of aryl methyl sites for hydroxylation is 1. The maximum atomic E-state index is 12.9. The van der Waals surface area contributed by atoms with Crippen LogP contribution in [0.25, 0.3) is 21.7 Å². The van der Waals surface area contributed by atoms with Gasteiger partial charge in [0.25, 0.3) is 0 Å². The molecule has 3 aromatic carbocycles. The fourth-order valence-electron chi connectivity index (χ4n) is 3.81. The van der Waals surface area contributed by atoms with Crippen LogP contribution in [0.4, 0.5) is 4.79 Å². The Morgan fingerprint density at radius 2 is 1.65 bits per heavy atom. The lowest BCUT2D eigenvalue weighted by molar-refractivity contribution is -0.137. The molecule has 174 valence electrons. The van der Waals surface area contributed by atoms with Gasteiger partial charge in [-0.05, 0) is 36.1 Å². The number of ether oxygens (including phenoxy) is 2. The summed E-state index contributed by atoms with van der Waals surface area (Å²) in [5, 5.41) is 4.62. The smallest absolute Gasteiger partial charge is 0.408 e. The Hall–Kier alpha value is -4.13. The van der Waals surface area contributed by atoms with Crippen LogP contribution in [0, 0.1) is 12.8 Å². The second-order valence-electron chi connectivity index (χ2n) is 8.40. The first-order valence-electron chi connectivity index (χ1n) is 11.0. The highest BCUT2D eigenvalue weighted by atomic mass is 16.6. The van der Waals surface area contributed by atoms with Gasteiger partial charge in [-0.2, -0.15) is 0 Å². The summed E-state index contributed by atoms with van der Waals surface area (Å²) in [4.78, 5) is 37.6. The van der Waals surface area contributed by atoms with Gasteiger partial charge in [0.05, 0.1) is 5.39 Å². The van der Waals surface area contributed by atoms with Gasteiger partial charge in [-0.15, -0.1) is 0 Å². The molecule has 4 rings (SSSR count). The lowest BCUT2D eigenvalue weighted by Gasteiger charge is -2.20. The predicted octanol–water partition coefficient (Wildman–Crippen LogP) is 5.11. The van der Waals surface area contributed by atoms with E-state index in [2.05, 4.69) is 5.32 Å². The quantitative estimate of drug-likeness (QED) is 0.186. The van der Waals surface area contributed by atoms with Gasteiger partial charge in [0.1, 0.15) is 24.0 Å². The fraction of sp³-hybridized carbons (Fsp3) is 0.222. The molecule has 1 N–H and O–H groups in total. The first-order valence-corrected chi connectivity index (χ1v) is 11.0. The molecule has 7 heteroatoms. The average molecular weight is 459 g/mol. The molecule has 0 aliphatic carbocycles. The number of nitrogens with one attached hydrogen (secondary N) is 1. The summed E-state index contributed by atoms with van der Waals surface area (Å²) in [6.07, 6.45) is -0.716. The fourth-order valence-corrected chi connectivity index (χ4v) is 3.81. The Balaban J connectivity index is 1.52. The minimum absolute atomic E-state index is 0.0867. The summed E-state index contributed by atoms with van der Waals surface area (Å²) in [5.74, 6) is -0.674. The van der Waals surface area contributed by atoms with Gasteiger partial charge in [-0.3, -0.25) is 0 Å². The zero-order chi connectivity index (χ0) is 24.2. The van der Waals surface area contributed by atoms with Gasteiger partial charge < -0.3 is 19.2 Å². The standard InChI is InChI=1S/C27H25NO6/c1-16(2)24(28-27(31)32-15-18-9-5-4-6-10-18)26(30)33-19-13-17(3)23-20-11-7-8-12-21(20)25(29)34-22(23)14-19/h4-14,16,24H,15H2,1-3H3,(H,28,31)/t24-/m1/s1. The second kappa shape index (κ2) is 9.79. The number of benzene rings is 3. The van der Waals surface area contributed by atoms with E-state index in [0.717, 1.165) is 21.9 Å². The van der Waals surface area contributed by atoms with Gasteiger partial charge in [0.15, 0.2) is 0 Å². The van der Waals surface area contributed by atoms with Crippen LogP contribution in [-0.4, -0.2) is 18.1 Å². The van der Waals surface area contributed by atoms with Crippen molar-refractivity contribution in [3.8, 4) is 5.75 Å². The Kier molecular flexibility index (Phi) is 6.63. The summed E-state index contributed by atoms with van der Waals surface area (Å²) in [7, 11) is 0. The maximum Gasteiger partial charge on any atom is 0.408 e. The van der Waals surface area contributed by atoms with Gasteiger partial charge in [-0.1, -0.05) is 62.4 Å². The van der Waals surface area contributed by atoms with Crippen molar-refractivity contribution in [2.75, 3.05) is 0 Å². The molecule has 0 aliphatic heterocycles. The number of hydrogen-bond acceptors (Lipinski definition) is 6. The number of carbonyl (C=O) groups excluding carboxylic acids is 2. The van der Waals surface area contributed by atoms with E-state index < -0.39 is 23.7 Å². The molecule has 7 nitrogen and oxygen atoms in total. The summed E-state index contributed by atoms with van der Waals surface area (Å²) >= 11 is 0. The van der Waals surface area contributed by atoms with Crippen molar-refractivity contribution >= 4 is 33.8 Å². The van der Waals surface area contributed by atoms with Crippen LogP contribution in [0.15, 0.2) is 75.9 Å². The zero-order valence-electron chi connectivity index (χ0n) is 19.2. The monoisotopic (exact) mass is 459 g/mol. The molecule has 0 saturated heterocycles. The highest BCUT2D eigenvalue weighted by Gasteiger charge is 2.27.